The molecule has 1 atom stereocenters. The van der Waals surface area contributed by atoms with Crippen molar-refractivity contribution in [2.24, 2.45) is 0 Å². The van der Waals surface area contributed by atoms with E-state index in [4.69, 9.17) is 0 Å². The molecule has 0 aliphatic carbocycles. The Bertz CT molecular complexity index is 434. The fourth-order valence-corrected chi connectivity index (χ4v) is 2.03. The highest BCUT2D eigenvalue weighted by Gasteiger charge is 2.18. The maximum absolute atomic E-state index is 11.6. The van der Waals surface area contributed by atoms with Gasteiger partial charge in [-0.05, 0) is 25.3 Å². The normalized spacial score (nSPS) is 12.2. The molecule has 0 aliphatic heterocycles. The molecule has 0 aromatic heterocycles. The third-order valence-electron chi connectivity index (χ3n) is 2.02. The quantitative estimate of drug-likeness (QED) is 0.281. The Kier molecular flexibility index (Phi) is 4.49. The number of hydrogen-bond donors (Lipinski definition) is 0. The van der Waals surface area contributed by atoms with Crippen LogP contribution < -0.4 is 0 Å². The number of rotatable bonds is 4. The summed E-state index contributed by atoms with van der Waals surface area (Å²) in [5, 5.41) is 10.8. The number of thioether (sulfide) groups is 1. The molecule has 0 radical (unpaired) electrons. The lowest BCUT2D eigenvalue weighted by atomic mass is 10.1. The maximum Gasteiger partial charge on any atom is 0.283 e. The first-order chi connectivity index (χ1) is 7.47. The Labute approximate surface area is 106 Å². The first kappa shape index (κ1) is 13.2. The second kappa shape index (κ2) is 5.45. The number of nitrogens with zero attached hydrogens (tertiary/aromatic N) is 1. The molecule has 0 N–H and O–H groups in total. The summed E-state index contributed by atoms with van der Waals surface area (Å²) >= 11 is 4.44. The van der Waals surface area contributed by atoms with Crippen LogP contribution in [0, 0.1) is 10.1 Å². The van der Waals surface area contributed by atoms with Crippen molar-refractivity contribution in [3.05, 3.63) is 33.9 Å². The smallest absolute Gasteiger partial charge is 0.283 e. The Hall–Kier alpha value is -0.880. The van der Waals surface area contributed by atoms with Crippen molar-refractivity contribution in [1.29, 1.82) is 0 Å². The Morgan fingerprint density at radius 1 is 1.56 bits per heavy atom. The summed E-state index contributed by atoms with van der Waals surface area (Å²) in [7, 11) is 0. The van der Waals surface area contributed by atoms with Gasteiger partial charge in [-0.2, -0.15) is 0 Å². The van der Waals surface area contributed by atoms with Crippen molar-refractivity contribution in [2.75, 3.05) is 6.26 Å². The van der Waals surface area contributed by atoms with Crippen molar-refractivity contribution in [3.8, 4) is 0 Å². The predicted molar refractivity (Wildman–Crippen MR) is 67.6 cm³/mol. The van der Waals surface area contributed by atoms with Crippen LogP contribution in [0.15, 0.2) is 23.1 Å². The second-order valence-corrected chi connectivity index (χ2v) is 5.35. The van der Waals surface area contributed by atoms with Crippen molar-refractivity contribution in [3.63, 3.8) is 0 Å². The van der Waals surface area contributed by atoms with Crippen LogP contribution in [0.4, 0.5) is 5.69 Å². The van der Waals surface area contributed by atoms with Gasteiger partial charge >= 0.3 is 0 Å². The van der Waals surface area contributed by atoms with Crippen LogP contribution in [0.3, 0.4) is 0 Å². The molecule has 0 aliphatic rings. The van der Waals surface area contributed by atoms with E-state index >= 15 is 0 Å². The minimum atomic E-state index is -0.471. The van der Waals surface area contributed by atoms with Crippen molar-refractivity contribution in [1.82, 2.24) is 0 Å². The number of alkyl halides is 1. The Morgan fingerprint density at radius 2 is 2.19 bits per heavy atom. The van der Waals surface area contributed by atoms with E-state index in [0.29, 0.717) is 10.5 Å². The number of Topliss-reactive ketones (excluding diaryl/α,β-unsaturated/α-hetero) is 1. The van der Waals surface area contributed by atoms with Crippen LogP contribution in [-0.4, -0.2) is 21.8 Å². The van der Waals surface area contributed by atoms with E-state index in [1.807, 2.05) is 0 Å². The number of nitro benzene ring substituents is 1. The highest BCUT2D eigenvalue weighted by Crippen LogP contribution is 2.29. The van der Waals surface area contributed by atoms with Gasteiger partial charge in [0.25, 0.3) is 5.69 Å². The highest BCUT2D eigenvalue weighted by atomic mass is 79.9. The Morgan fingerprint density at radius 3 is 2.62 bits per heavy atom. The standard InChI is InChI=1S/C10H10BrNO3S/c1-6(11)10(13)7-3-4-9(16-2)8(5-7)12(14)15/h3-6H,1-2H3. The maximum atomic E-state index is 11.6. The first-order valence-corrected chi connectivity index (χ1v) is 6.62. The molecule has 1 aromatic carbocycles. The minimum absolute atomic E-state index is 0.0218. The molecule has 0 bridgehead atoms. The molecule has 86 valence electrons. The van der Waals surface area contributed by atoms with Gasteiger partial charge in [-0.25, -0.2) is 0 Å². The summed E-state index contributed by atoms with van der Waals surface area (Å²) < 4.78 is 0. The van der Waals surface area contributed by atoms with Gasteiger partial charge < -0.3 is 0 Å². The molecule has 1 rings (SSSR count). The minimum Gasteiger partial charge on any atom is -0.293 e. The fraction of sp³-hybridized carbons (Fsp3) is 0.300. The van der Waals surface area contributed by atoms with E-state index in [1.165, 1.54) is 17.8 Å². The van der Waals surface area contributed by atoms with Gasteiger partial charge in [-0.3, -0.25) is 14.9 Å². The molecular weight excluding hydrogens is 294 g/mol. The molecule has 0 heterocycles. The van der Waals surface area contributed by atoms with E-state index in [2.05, 4.69) is 15.9 Å². The van der Waals surface area contributed by atoms with Crippen LogP contribution in [0.1, 0.15) is 17.3 Å². The molecule has 0 fully saturated rings. The molecule has 1 unspecified atom stereocenters. The SMILES string of the molecule is CSc1ccc(C(=O)C(C)Br)cc1[N+](=O)[O-]. The summed E-state index contributed by atoms with van der Waals surface area (Å²) in [5.41, 5.74) is 0.334. The van der Waals surface area contributed by atoms with E-state index in [1.54, 1.807) is 25.3 Å². The van der Waals surface area contributed by atoms with Crippen molar-refractivity contribution >= 4 is 39.2 Å². The van der Waals surface area contributed by atoms with E-state index in [9.17, 15) is 14.9 Å². The van der Waals surface area contributed by atoms with E-state index < -0.39 is 4.92 Å². The molecule has 0 spiro atoms. The summed E-state index contributed by atoms with van der Waals surface area (Å²) in [6.07, 6.45) is 1.76. The van der Waals surface area contributed by atoms with E-state index in [0.717, 1.165) is 0 Å². The van der Waals surface area contributed by atoms with E-state index in [-0.39, 0.29) is 16.3 Å². The van der Waals surface area contributed by atoms with Gasteiger partial charge in [0.05, 0.1) is 14.6 Å². The zero-order chi connectivity index (χ0) is 12.3. The van der Waals surface area contributed by atoms with Crippen LogP contribution in [-0.2, 0) is 0 Å². The van der Waals surface area contributed by atoms with Gasteiger partial charge in [0, 0.05) is 11.6 Å². The number of nitro groups is 1. The first-order valence-electron chi connectivity index (χ1n) is 4.48. The number of hydrogen-bond acceptors (Lipinski definition) is 4. The molecule has 0 amide bonds. The third-order valence-corrected chi connectivity index (χ3v) is 3.22. The summed E-state index contributed by atoms with van der Waals surface area (Å²) in [4.78, 5) is 22.2. The number of halogens is 1. The number of benzene rings is 1. The molecular formula is C10H10BrNO3S. The highest BCUT2D eigenvalue weighted by molar-refractivity contribution is 9.10. The number of ketones is 1. The largest absolute Gasteiger partial charge is 0.293 e. The molecule has 0 saturated heterocycles. The number of carbonyl (C=O) groups is 1. The molecule has 0 saturated carbocycles. The molecule has 6 heteroatoms. The monoisotopic (exact) mass is 303 g/mol. The van der Waals surface area contributed by atoms with Crippen LogP contribution in [0.2, 0.25) is 0 Å². The van der Waals surface area contributed by atoms with Gasteiger partial charge in [-0.15, -0.1) is 11.8 Å². The van der Waals surface area contributed by atoms with Gasteiger partial charge in [0.2, 0.25) is 0 Å². The molecule has 1 aromatic rings. The third kappa shape index (κ3) is 2.82. The predicted octanol–water partition coefficient (Wildman–Crippen LogP) is 3.28. The van der Waals surface area contributed by atoms with Crippen LogP contribution in [0.25, 0.3) is 0 Å². The lowest BCUT2D eigenvalue weighted by molar-refractivity contribution is -0.387. The van der Waals surface area contributed by atoms with Gasteiger partial charge in [-0.1, -0.05) is 15.9 Å². The lowest BCUT2D eigenvalue weighted by Crippen LogP contribution is -2.10. The van der Waals surface area contributed by atoms with Crippen molar-refractivity contribution < 1.29 is 9.72 Å². The van der Waals surface area contributed by atoms with Crippen molar-refractivity contribution in [2.45, 2.75) is 16.6 Å². The summed E-state index contributed by atoms with van der Waals surface area (Å²) in [6, 6.07) is 4.54. The number of carbonyl (C=O) groups excluding carboxylic acids is 1. The summed E-state index contributed by atoms with van der Waals surface area (Å²) in [6.45, 7) is 1.69. The van der Waals surface area contributed by atoms with Crippen LogP contribution >= 0.6 is 27.7 Å². The van der Waals surface area contributed by atoms with Gasteiger partial charge in [0.15, 0.2) is 5.78 Å². The topological polar surface area (TPSA) is 60.2 Å². The second-order valence-electron chi connectivity index (χ2n) is 3.12. The average molecular weight is 304 g/mol. The van der Waals surface area contributed by atoms with Crippen LogP contribution in [0.5, 0.6) is 0 Å². The zero-order valence-electron chi connectivity index (χ0n) is 8.77. The molecule has 16 heavy (non-hydrogen) atoms. The fourth-order valence-electron chi connectivity index (χ4n) is 1.22. The average Bonchev–Trinajstić information content (AvgIpc) is 2.26. The van der Waals surface area contributed by atoms with Gasteiger partial charge in [0.1, 0.15) is 0 Å². The molecule has 4 nitrogen and oxygen atoms in total. The lowest BCUT2D eigenvalue weighted by Gasteiger charge is -2.04. The summed E-state index contributed by atoms with van der Waals surface area (Å²) in [5.74, 6) is -0.157. The Balaban J connectivity index is 3.22. The zero-order valence-corrected chi connectivity index (χ0v) is 11.2.